The molecule has 0 aliphatic carbocycles. The molecule has 31 heavy (non-hydrogen) atoms. The molecule has 168 valence electrons. The van der Waals surface area contributed by atoms with Crippen LogP contribution in [0, 0.1) is 6.92 Å². The fourth-order valence-corrected chi connectivity index (χ4v) is 5.86. The number of hydrazine groups is 1. The molecule has 9 nitrogen and oxygen atoms in total. The maximum absolute atomic E-state index is 12.9. The monoisotopic (exact) mass is 486 g/mol. The number of piperidine rings is 1. The van der Waals surface area contributed by atoms with Gasteiger partial charge in [-0.25, -0.2) is 23.6 Å². The third kappa shape index (κ3) is 5.53. The summed E-state index contributed by atoms with van der Waals surface area (Å²) in [6, 6.07) is 4.74. The fourth-order valence-electron chi connectivity index (χ4n) is 3.14. The van der Waals surface area contributed by atoms with Crippen molar-refractivity contribution in [2.75, 3.05) is 19.7 Å². The summed E-state index contributed by atoms with van der Waals surface area (Å²) in [5.74, 6) is -0.496. The number of aromatic nitrogens is 1. The van der Waals surface area contributed by atoms with Gasteiger partial charge in [-0.2, -0.15) is 4.31 Å². The number of nitrogens with zero attached hydrogens (tertiary/aromatic N) is 2. The van der Waals surface area contributed by atoms with E-state index < -0.39 is 22.0 Å². The van der Waals surface area contributed by atoms with Crippen molar-refractivity contribution in [2.24, 2.45) is 0 Å². The third-order valence-corrected chi connectivity index (χ3v) is 8.20. The smallest absolute Gasteiger partial charge is 0.426 e. The summed E-state index contributed by atoms with van der Waals surface area (Å²) in [7, 11) is -3.62. The van der Waals surface area contributed by atoms with Crippen LogP contribution in [0.3, 0.4) is 0 Å². The van der Waals surface area contributed by atoms with Crippen LogP contribution in [-0.4, -0.2) is 49.4 Å². The second kappa shape index (κ2) is 9.94. The van der Waals surface area contributed by atoms with Gasteiger partial charge in [0.05, 0.1) is 16.5 Å². The zero-order chi connectivity index (χ0) is 22.6. The Morgan fingerprint density at radius 2 is 2.00 bits per heavy atom. The number of thiazole rings is 1. The second-order valence-corrected chi connectivity index (χ2v) is 10.2. The molecule has 12 heteroatoms. The number of amides is 2. The Morgan fingerprint density at radius 3 is 2.65 bits per heavy atom. The maximum Gasteiger partial charge on any atom is 0.426 e. The van der Waals surface area contributed by atoms with Gasteiger partial charge in [0.1, 0.15) is 5.69 Å². The fraction of sp³-hybridized carbons (Fsp3) is 0.421. The molecular formula is C19H23ClN4O5S2. The molecule has 1 aliphatic rings. The van der Waals surface area contributed by atoms with Gasteiger partial charge < -0.3 is 4.74 Å². The lowest BCUT2D eigenvalue weighted by atomic mass is 9.99. The van der Waals surface area contributed by atoms with Crippen LogP contribution in [0.5, 0.6) is 0 Å². The van der Waals surface area contributed by atoms with Crippen LogP contribution in [0.2, 0.25) is 5.02 Å². The molecule has 2 heterocycles. The SMILES string of the molecule is CCOC(=O)NNC(=O)c1csc(C2CCN(S(=O)(=O)c3ccc(C)c(Cl)c3)CC2)n1. The highest BCUT2D eigenvalue weighted by Gasteiger charge is 2.31. The summed E-state index contributed by atoms with van der Waals surface area (Å²) in [6.07, 6.45) is 0.429. The van der Waals surface area contributed by atoms with Gasteiger partial charge >= 0.3 is 6.09 Å². The lowest BCUT2D eigenvalue weighted by Gasteiger charge is -2.30. The number of carbonyl (C=O) groups is 2. The minimum Gasteiger partial charge on any atom is -0.449 e. The Balaban J connectivity index is 1.59. The molecule has 0 saturated carbocycles. The van der Waals surface area contributed by atoms with E-state index in [1.165, 1.54) is 21.7 Å². The number of hydrogen-bond acceptors (Lipinski definition) is 7. The van der Waals surface area contributed by atoms with E-state index in [1.54, 1.807) is 24.4 Å². The second-order valence-electron chi connectivity index (χ2n) is 6.96. The first-order valence-corrected chi connectivity index (χ1v) is 12.4. The van der Waals surface area contributed by atoms with Crippen molar-refractivity contribution < 1.29 is 22.7 Å². The van der Waals surface area contributed by atoms with Gasteiger partial charge in [-0.3, -0.25) is 10.2 Å². The molecule has 1 aliphatic heterocycles. The molecule has 0 unspecified atom stereocenters. The molecule has 0 atom stereocenters. The molecule has 1 saturated heterocycles. The normalized spacial score (nSPS) is 15.5. The molecule has 0 bridgehead atoms. The molecule has 1 aromatic carbocycles. The minimum absolute atomic E-state index is 0.0534. The predicted molar refractivity (Wildman–Crippen MR) is 117 cm³/mol. The van der Waals surface area contributed by atoms with E-state index in [0.717, 1.165) is 10.6 Å². The molecule has 0 radical (unpaired) electrons. The minimum atomic E-state index is -3.62. The Morgan fingerprint density at radius 1 is 1.29 bits per heavy atom. The summed E-state index contributed by atoms with van der Waals surface area (Å²) in [4.78, 5) is 27.9. The highest BCUT2D eigenvalue weighted by atomic mass is 35.5. The van der Waals surface area contributed by atoms with Crippen LogP contribution in [-0.2, 0) is 14.8 Å². The Labute approximate surface area is 189 Å². The van der Waals surface area contributed by atoms with E-state index in [1.807, 2.05) is 6.92 Å². The number of benzene rings is 1. The van der Waals surface area contributed by atoms with Gasteiger partial charge in [0.25, 0.3) is 5.91 Å². The van der Waals surface area contributed by atoms with Crippen molar-refractivity contribution in [3.05, 3.63) is 44.9 Å². The molecule has 0 spiro atoms. The Kier molecular flexibility index (Phi) is 7.52. The summed E-state index contributed by atoms with van der Waals surface area (Å²) in [6.45, 7) is 4.36. The van der Waals surface area contributed by atoms with E-state index in [4.69, 9.17) is 11.6 Å². The molecule has 2 amide bonds. The van der Waals surface area contributed by atoms with Crippen molar-refractivity contribution in [3.63, 3.8) is 0 Å². The van der Waals surface area contributed by atoms with E-state index >= 15 is 0 Å². The average molecular weight is 487 g/mol. The third-order valence-electron chi connectivity index (χ3n) is 4.89. The molecule has 3 rings (SSSR count). The van der Waals surface area contributed by atoms with Crippen LogP contribution >= 0.6 is 22.9 Å². The summed E-state index contributed by atoms with van der Waals surface area (Å²) < 4.78 is 32.0. The molecular weight excluding hydrogens is 464 g/mol. The van der Waals surface area contributed by atoms with Crippen LogP contribution in [0.4, 0.5) is 4.79 Å². The van der Waals surface area contributed by atoms with Gasteiger partial charge in [0.15, 0.2) is 0 Å². The summed E-state index contributed by atoms with van der Waals surface area (Å²) >= 11 is 7.43. The first-order chi connectivity index (χ1) is 14.7. The van der Waals surface area contributed by atoms with Gasteiger partial charge in [0, 0.05) is 29.4 Å². The number of hydrogen-bond donors (Lipinski definition) is 2. The van der Waals surface area contributed by atoms with Gasteiger partial charge in [0.2, 0.25) is 10.0 Å². The van der Waals surface area contributed by atoms with Crippen molar-refractivity contribution in [1.29, 1.82) is 0 Å². The molecule has 1 fully saturated rings. The van der Waals surface area contributed by atoms with Crippen LogP contribution < -0.4 is 10.9 Å². The quantitative estimate of drug-likeness (QED) is 0.627. The Hall–Kier alpha value is -2.21. The van der Waals surface area contributed by atoms with Crippen LogP contribution in [0.25, 0.3) is 0 Å². The number of halogens is 1. The zero-order valence-corrected chi connectivity index (χ0v) is 19.4. The van der Waals surface area contributed by atoms with E-state index in [2.05, 4.69) is 20.6 Å². The van der Waals surface area contributed by atoms with Crippen molar-refractivity contribution in [2.45, 2.75) is 37.5 Å². The first kappa shape index (κ1) is 23.5. The lowest BCUT2D eigenvalue weighted by Crippen LogP contribution is -2.42. The zero-order valence-electron chi connectivity index (χ0n) is 17.1. The standard InChI is InChI=1S/C19H23ClN4O5S2/c1-3-29-19(26)23-22-17(25)16-11-30-18(21-16)13-6-8-24(9-7-13)31(27,28)14-5-4-12(2)15(20)10-14/h4-5,10-11,13H,3,6-9H2,1-2H3,(H,22,25)(H,23,26). The van der Waals surface area contributed by atoms with E-state index in [9.17, 15) is 18.0 Å². The largest absolute Gasteiger partial charge is 0.449 e. The lowest BCUT2D eigenvalue weighted by molar-refractivity contribution is 0.0908. The molecule has 1 aromatic heterocycles. The highest BCUT2D eigenvalue weighted by Crippen LogP contribution is 2.33. The topological polar surface area (TPSA) is 118 Å². The predicted octanol–water partition coefficient (Wildman–Crippen LogP) is 3.06. The van der Waals surface area contributed by atoms with Crippen molar-refractivity contribution >= 4 is 45.0 Å². The average Bonchev–Trinajstić information content (AvgIpc) is 3.24. The highest BCUT2D eigenvalue weighted by molar-refractivity contribution is 7.89. The van der Waals surface area contributed by atoms with Gasteiger partial charge in [-0.1, -0.05) is 17.7 Å². The van der Waals surface area contributed by atoms with Crippen LogP contribution in [0.1, 0.15) is 46.7 Å². The molecule has 2 N–H and O–H groups in total. The number of aryl methyl sites for hydroxylation is 1. The number of carbonyl (C=O) groups excluding carboxylic acids is 2. The Bertz CT molecular complexity index is 1070. The van der Waals surface area contributed by atoms with E-state index in [-0.39, 0.29) is 23.1 Å². The van der Waals surface area contributed by atoms with Crippen molar-refractivity contribution in [1.82, 2.24) is 20.1 Å². The van der Waals surface area contributed by atoms with Gasteiger partial charge in [-0.15, -0.1) is 11.3 Å². The number of rotatable bonds is 5. The summed E-state index contributed by atoms with van der Waals surface area (Å²) in [5, 5.41) is 2.79. The van der Waals surface area contributed by atoms with Crippen LogP contribution in [0.15, 0.2) is 28.5 Å². The maximum atomic E-state index is 12.9. The summed E-state index contributed by atoms with van der Waals surface area (Å²) in [5.41, 5.74) is 5.37. The van der Waals surface area contributed by atoms with Gasteiger partial charge in [-0.05, 0) is 44.4 Å². The van der Waals surface area contributed by atoms with Crippen molar-refractivity contribution in [3.8, 4) is 0 Å². The number of nitrogens with one attached hydrogen (secondary N) is 2. The number of sulfonamides is 1. The molecule has 2 aromatic rings. The first-order valence-electron chi connectivity index (χ1n) is 9.67. The van der Waals surface area contributed by atoms with E-state index in [0.29, 0.717) is 31.0 Å². The number of ether oxygens (including phenoxy) is 1.